The van der Waals surface area contributed by atoms with Gasteiger partial charge in [0.25, 0.3) is 0 Å². The van der Waals surface area contributed by atoms with Gasteiger partial charge in [0.15, 0.2) is 0 Å². The maximum Gasteiger partial charge on any atom is 0.239 e. The summed E-state index contributed by atoms with van der Waals surface area (Å²) in [5.41, 5.74) is 7.04. The van der Waals surface area contributed by atoms with E-state index in [1.807, 2.05) is 20.9 Å². The van der Waals surface area contributed by atoms with E-state index >= 15 is 0 Å². The van der Waals surface area contributed by atoms with Gasteiger partial charge in [0.05, 0.1) is 24.1 Å². The van der Waals surface area contributed by atoms with Crippen molar-refractivity contribution in [2.45, 2.75) is 19.9 Å². The largest absolute Gasteiger partial charge is 0.397 e. The summed E-state index contributed by atoms with van der Waals surface area (Å²) in [6.07, 6.45) is 3.25. The standard InChI is InChI=1S/C11H18N4O/c1-8(2)14-11(16)7-15(3)10-4-9(12)5-13-6-10/h4-6,8H,7,12H2,1-3H3,(H,14,16). The molecule has 1 heterocycles. The molecule has 0 aliphatic carbocycles. The molecule has 0 saturated heterocycles. The monoisotopic (exact) mass is 222 g/mol. The summed E-state index contributed by atoms with van der Waals surface area (Å²) >= 11 is 0. The van der Waals surface area contributed by atoms with E-state index in [4.69, 9.17) is 5.73 Å². The zero-order valence-electron chi connectivity index (χ0n) is 9.90. The molecule has 1 aromatic heterocycles. The van der Waals surface area contributed by atoms with Gasteiger partial charge in [-0.15, -0.1) is 0 Å². The van der Waals surface area contributed by atoms with Crippen molar-refractivity contribution < 1.29 is 4.79 Å². The second-order valence-electron chi connectivity index (χ2n) is 4.05. The summed E-state index contributed by atoms with van der Waals surface area (Å²) < 4.78 is 0. The molecular weight excluding hydrogens is 204 g/mol. The Labute approximate surface area is 95.7 Å². The minimum Gasteiger partial charge on any atom is -0.397 e. The molecule has 0 atom stereocenters. The second-order valence-corrected chi connectivity index (χ2v) is 4.05. The number of carbonyl (C=O) groups excluding carboxylic acids is 1. The van der Waals surface area contributed by atoms with Gasteiger partial charge in [-0.05, 0) is 19.9 Å². The Morgan fingerprint density at radius 2 is 2.25 bits per heavy atom. The van der Waals surface area contributed by atoms with Crippen LogP contribution >= 0.6 is 0 Å². The first-order chi connectivity index (χ1) is 7.49. The van der Waals surface area contributed by atoms with Crippen LogP contribution in [0.1, 0.15) is 13.8 Å². The average Bonchev–Trinajstić information content (AvgIpc) is 2.16. The lowest BCUT2D eigenvalue weighted by molar-refractivity contribution is -0.120. The third kappa shape index (κ3) is 3.76. The summed E-state index contributed by atoms with van der Waals surface area (Å²) in [7, 11) is 1.83. The molecule has 3 N–H and O–H groups in total. The van der Waals surface area contributed by atoms with Gasteiger partial charge in [-0.25, -0.2) is 0 Å². The highest BCUT2D eigenvalue weighted by Gasteiger charge is 2.08. The van der Waals surface area contributed by atoms with Crippen molar-refractivity contribution in [2.24, 2.45) is 0 Å². The minimum atomic E-state index is -0.0140. The van der Waals surface area contributed by atoms with E-state index in [0.717, 1.165) is 5.69 Å². The van der Waals surface area contributed by atoms with Crippen LogP contribution in [0.2, 0.25) is 0 Å². The number of pyridine rings is 1. The summed E-state index contributed by atoms with van der Waals surface area (Å²) in [5.74, 6) is -0.0140. The molecule has 16 heavy (non-hydrogen) atoms. The topological polar surface area (TPSA) is 71.2 Å². The predicted molar refractivity (Wildman–Crippen MR) is 65.2 cm³/mol. The Kier molecular flexibility index (Phi) is 4.10. The molecule has 88 valence electrons. The molecule has 0 radical (unpaired) electrons. The van der Waals surface area contributed by atoms with Gasteiger partial charge in [0.1, 0.15) is 0 Å². The van der Waals surface area contributed by atoms with E-state index in [1.54, 1.807) is 23.4 Å². The first kappa shape index (κ1) is 12.3. The van der Waals surface area contributed by atoms with Crippen molar-refractivity contribution in [2.75, 3.05) is 24.2 Å². The number of nitrogen functional groups attached to an aromatic ring is 1. The van der Waals surface area contributed by atoms with Crippen LogP contribution in [-0.2, 0) is 4.79 Å². The van der Waals surface area contributed by atoms with Crippen LogP contribution in [0.15, 0.2) is 18.5 Å². The van der Waals surface area contributed by atoms with Crippen LogP contribution in [0, 0.1) is 0 Å². The van der Waals surface area contributed by atoms with Gasteiger partial charge in [0.2, 0.25) is 5.91 Å². The van der Waals surface area contributed by atoms with E-state index in [0.29, 0.717) is 12.2 Å². The lowest BCUT2D eigenvalue weighted by Gasteiger charge is -2.19. The highest BCUT2D eigenvalue weighted by Crippen LogP contribution is 2.13. The fourth-order valence-corrected chi connectivity index (χ4v) is 1.33. The molecular formula is C11H18N4O. The molecule has 0 unspecified atom stereocenters. The maximum absolute atomic E-state index is 11.5. The van der Waals surface area contributed by atoms with E-state index in [1.165, 1.54) is 0 Å². The van der Waals surface area contributed by atoms with Crippen molar-refractivity contribution in [1.29, 1.82) is 0 Å². The predicted octanol–water partition coefficient (Wildman–Crippen LogP) is 0.625. The highest BCUT2D eigenvalue weighted by atomic mass is 16.2. The van der Waals surface area contributed by atoms with Gasteiger partial charge in [-0.2, -0.15) is 0 Å². The number of anilines is 2. The number of nitrogens with two attached hydrogens (primary N) is 1. The number of hydrogen-bond donors (Lipinski definition) is 2. The van der Waals surface area contributed by atoms with Gasteiger partial charge in [-0.1, -0.05) is 0 Å². The molecule has 0 bridgehead atoms. The number of nitrogens with one attached hydrogen (secondary N) is 1. The van der Waals surface area contributed by atoms with Gasteiger partial charge in [-0.3, -0.25) is 9.78 Å². The zero-order valence-corrected chi connectivity index (χ0v) is 9.90. The molecule has 1 aromatic rings. The molecule has 0 spiro atoms. The van der Waals surface area contributed by atoms with Crippen LogP contribution in [0.25, 0.3) is 0 Å². The Balaban J connectivity index is 2.58. The van der Waals surface area contributed by atoms with Crippen LogP contribution in [0.4, 0.5) is 11.4 Å². The van der Waals surface area contributed by atoms with Crippen molar-refractivity contribution in [3.05, 3.63) is 18.5 Å². The van der Waals surface area contributed by atoms with Crippen molar-refractivity contribution in [3.63, 3.8) is 0 Å². The summed E-state index contributed by atoms with van der Waals surface area (Å²) in [4.78, 5) is 17.3. The lowest BCUT2D eigenvalue weighted by Crippen LogP contribution is -2.38. The van der Waals surface area contributed by atoms with E-state index in [2.05, 4.69) is 10.3 Å². The summed E-state index contributed by atoms with van der Waals surface area (Å²) in [6, 6.07) is 1.94. The molecule has 0 aliphatic heterocycles. The third-order valence-electron chi connectivity index (χ3n) is 2.02. The molecule has 0 aliphatic rings. The number of amides is 1. The Morgan fingerprint density at radius 3 is 2.81 bits per heavy atom. The van der Waals surface area contributed by atoms with Gasteiger partial charge < -0.3 is 16.0 Å². The molecule has 0 aromatic carbocycles. The fourth-order valence-electron chi connectivity index (χ4n) is 1.33. The lowest BCUT2D eigenvalue weighted by atomic mass is 10.3. The smallest absolute Gasteiger partial charge is 0.239 e. The number of carbonyl (C=O) groups is 1. The zero-order chi connectivity index (χ0) is 12.1. The fraction of sp³-hybridized carbons (Fsp3) is 0.455. The van der Waals surface area contributed by atoms with Crippen molar-refractivity contribution in [1.82, 2.24) is 10.3 Å². The highest BCUT2D eigenvalue weighted by molar-refractivity contribution is 5.81. The van der Waals surface area contributed by atoms with Crippen LogP contribution < -0.4 is 16.0 Å². The minimum absolute atomic E-state index is 0.0140. The second kappa shape index (κ2) is 5.34. The summed E-state index contributed by atoms with van der Waals surface area (Å²) in [6.45, 7) is 4.16. The van der Waals surface area contributed by atoms with Gasteiger partial charge in [0, 0.05) is 19.3 Å². The molecule has 0 saturated carbocycles. The maximum atomic E-state index is 11.5. The molecule has 0 fully saturated rings. The quantitative estimate of drug-likeness (QED) is 0.783. The number of rotatable bonds is 4. The van der Waals surface area contributed by atoms with Crippen LogP contribution in [-0.4, -0.2) is 30.5 Å². The Hall–Kier alpha value is -1.78. The normalized spacial score (nSPS) is 10.2. The first-order valence-electron chi connectivity index (χ1n) is 5.20. The van der Waals surface area contributed by atoms with E-state index < -0.39 is 0 Å². The number of likely N-dealkylation sites (N-methyl/N-ethyl adjacent to an activating group) is 1. The average molecular weight is 222 g/mol. The Morgan fingerprint density at radius 1 is 1.56 bits per heavy atom. The van der Waals surface area contributed by atoms with Crippen molar-refractivity contribution in [3.8, 4) is 0 Å². The molecule has 5 heteroatoms. The van der Waals surface area contributed by atoms with E-state index in [-0.39, 0.29) is 11.9 Å². The van der Waals surface area contributed by atoms with Crippen molar-refractivity contribution >= 4 is 17.3 Å². The molecule has 5 nitrogen and oxygen atoms in total. The number of aromatic nitrogens is 1. The SMILES string of the molecule is CC(C)NC(=O)CN(C)c1cncc(N)c1. The summed E-state index contributed by atoms with van der Waals surface area (Å²) in [5, 5.41) is 2.83. The number of hydrogen-bond acceptors (Lipinski definition) is 4. The van der Waals surface area contributed by atoms with Crippen LogP contribution in [0.3, 0.4) is 0 Å². The molecule has 1 rings (SSSR count). The van der Waals surface area contributed by atoms with Crippen LogP contribution in [0.5, 0.6) is 0 Å². The number of nitrogens with zero attached hydrogens (tertiary/aromatic N) is 2. The van der Waals surface area contributed by atoms with E-state index in [9.17, 15) is 4.79 Å². The molecule has 1 amide bonds. The first-order valence-corrected chi connectivity index (χ1v) is 5.20. The third-order valence-corrected chi connectivity index (χ3v) is 2.02. The Bertz CT molecular complexity index is 365. The van der Waals surface area contributed by atoms with Gasteiger partial charge >= 0.3 is 0 Å².